The summed E-state index contributed by atoms with van der Waals surface area (Å²) in [4.78, 5) is 13.4. The third-order valence-electron chi connectivity index (χ3n) is 3.20. The van der Waals surface area contributed by atoms with Gasteiger partial charge in [0.05, 0.1) is 10.2 Å². The Morgan fingerprint density at radius 3 is 2.60 bits per heavy atom. The Morgan fingerprint density at radius 1 is 1.16 bits per heavy atom. The van der Waals surface area contributed by atoms with E-state index in [2.05, 4.69) is 20.3 Å². The lowest BCUT2D eigenvalue weighted by atomic mass is 10.2. The van der Waals surface area contributed by atoms with E-state index in [0.717, 1.165) is 32.4 Å². The fourth-order valence-corrected chi connectivity index (χ4v) is 3.12. The first kappa shape index (κ1) is 21.2. The normalized spacial score (nSPS) is 11.1. The second-order valence-electron chi connectivity index (χ2n) is 5.60. The van der Waals surface area contributed by atoms with E-state index in [-0.39, 0.29) is 30.9 Å². The van der Waals surface area contributed by atoms with E-state index in [0.29, 0.717) is 5.84 Å². The van der Waals surface area contributed by atoms with Crippen molar-refractivity contribution in [3.05, 3.63) is 47.7 Å². The molecule has 0 atom stereocenters. The zero-order chi connectivity index (χ0) is 16.4. The number of anilines is 2. The number of aliphatic imine (C=N–C) groups is 1. The van der Waals surface area contributed by atoms with Gasteiger partial charge in [-0.2, -0.15) is 0 Å². The second-order valence-corrected chi connectivity index (χ2v) is 6.63. The number of nitrogens with one attached hydrogen (secondary N) is 1. The molecule has 0 unspecified atom stereocenters. The Kier molecular flexibility index (Phi) is 7.60. The van der Waals surface area contributed by atoms with Crippen LogP contribution in [0, 0.1) is 6.92 Å². The van der Waals surface area contributed by atoms with E-state index in [9.17, 15) is 0 Å². The van der Waals surface area contributed by atoms with Crippen molar-refractivity contribution in [2.75, 3.05) is 5.32 Å². The smallest absolute Gasteiger partial charge is 0.189 e. The summed E-state index contributed by atoms with van der Waals surface area (Å²) < 4.78 is 1.07. The zero-order valence-electron chi connectivity index (χ0n) is 14.2. The van der Waals surface area contributed by atoms with Crippen LogP contribution in [0.1, 0.15) is 25.1 Å². The predicted octanol–water partition coefficient (Wildman–Crippen LogP) is 4.70. The van der Waals surface area contributed by atoms with Crippen molar-refractivity contribution in [3.8, 4) is 0 Å². The molecule has 25 heavy (non-hydrogen) atoms. The Hall–Kier alpha value is -1.89. The van der Waals surface area contributed by atoms with Gasteiger partial charge in [0.25, 0.3) is 0 Å². The van der Waals surface area contributed by atoms with Gasteiger partial charge in [-0.25, -0.2) is 9.97 Å². The lowest BCUT2D eigenvalue weighted by Crippen LogP contribution is -2.15. The van der Waals surface area contributed by atoms with Gasteiger partial charge in [-0.15, -0.1) is 24.8 Å². The first-order valence-corrected chi connectivity index (χ1v) is 8.28. The van der Waals surface area contributed by atoms with Gasteiger partial charge in [0.2, 0.25) is 0 Å². The summed E-state index contributed by atoms with van der Waals surface area (Å²) in [5.74, 6) is 1.36. The molecule has 0 saturated heterocycles. The summed E-state index contributed by atoms with van der Waals surface area (Å²) in [5.41, 5.74) is 8.87. The highest BCUT2D eigenvalue weighted by Crippen LogP contribution is 2.28. The van der Waals surface area contributed by atoms with Crippen LogP contribution in [-0.4, -0.2) is 21.8 Å². The lowest BCUT2D eigenvalue weighted by molar-refractivity contribution is 0.834. The third-order valence-corrected chi connectivity index (χ3v) is 4.14. The van der Waals surface area contributed by atoms with Crippen LogP contribution in [-0.2, 0) is 0 Å². The predicted molar refractivity (Wildman–Crippen MR) is 112 cm³/mol. The fraction of sp³-hybridized carbons (Fsp3) is 0.235. The molecule has 0 bridgehead atoms. The summed E-state index contributed by atoms with van der Waals surface area (Å²) in [5, 5.41) is 4.06. The molecular formula is C17H21Cl2N5S. The number of benzene rings is 1. The van der Waals surface area contributed by atoms with Crippen molar-refractivity contribution in [1.82, 2.24) is 9.97 Å². The van der Waals surface area contributed by atoms with Gasteiger partial charge in [-0.05, 0) is 51.1 Å². The quantitative estimate of drug-likeness (QED) is 0.493. The van der Waals surface area contributed by atoms with Gasteiger partial charge >= 0.3 is 0 Å². The fourth-order valence-electron chi connectivity index (χ4n) is 2.21. The molecule has 2 heterocycles. The number of fused-ring (bicyclic) bond motifs is 1. The molecule has 8 heteroatoms. The molecule has 3 N–H and O–H groups in total. The van der Waals surface area contributed by atoms with Crippen molar-refractivity contribution >= 4 is 63.2 Å². The van der Waals surface area contributed by atoms with Crippen LogP contribution in [0.5, 0.6) is 0 Å². The monoisotopic (exact) mass is 397 g/mol. The Bertz CT molecular complexity index is 876. The van der Waals surface area contributed by atoms with Gasteiger partial charge in [0, 0.05) is 17.3 Å². The number of aryl methyl sites for hydroxylation is 1. The highest BCUT2D eigenvalue weighted by molar-refractivity contribution is 7.22. The molecule has 0 spiro atoms. The van der Waals surface area contributed by atoms with Crippen molar-refractivity contribution in [2.45, 2.75) is 26.8 Å². The maximum Gasteiger partial charge on any atom is 0.189 e. The van der Waals surface area contributed by atoms with Crippen molar-refractivity contribution in [2.24, 2.45) is 10.7 Å². The first-order chi connectivity index (χ1) is 11.0. The molecule has 0 aliphatic heterocycles. The minimum Gasteiger partial charge on any atom is -0.383 e. The van der Waals surface area contributed by atoms with Crippen LogP contribution in [0.4, 0.5) is 10.9 Å². The zero-order valence-corrected chi connectivity index (χ0v) is 16.6. The average Bonchev–Trinajstić information content (AvgIpc) is 2.87. The Balaban J connectivity index is 0.00000156. The number of amidine groups is 1. The molecule has 134 valence electrons. The number of halogens is 2. The molecule has 0 aliphatic rings. The molecule has 2 aromatic heterocycles. The number of hydrogen-bond donors (Lipinski definition) is 2. The number of aromatic nitrogens is 2. The molecule has 0 radical (unpaired) electrons. The number of nitrogens with two attached hydrogens (primary N) is 1. The summed E-state index contributed by atoms with van der Waals surface area (Å²) in [6, 6.07) is 12.0. The van der Waals surface area contributed by atoms with Crippen LogP contribution in [0.25, 0.3) is 10.2 Å². The van der Waals surface area contributed by atoms with Gasteiger partial charge in [0.1, 0.15) is 11.7 Å². The molecule has 0 fully saturated rings. The Morgan fingerprint density at radius 2 is 1.92 bits per heavy atom. The SMILES string of the molecule is Cc1cccc(Nc2nc3ccc(C(N)=NC(C)C)cc3s2)n1.Cl.Cl. The molecule has 0 saturated carbocycles. The number of pyridine rings is 1. The largest absolute Gasteiger partial charge is 0.383 e. The standard InChI is InChI=1S/C17H19N5S.2ClH/c1-10(2)19-16(18)12-7-8-13-14(9-12)23-17(21-13)22-15-6-4-5-11(3)20-15;;/h4-10H,1-3H3,(H2,18,19)(H,20,21,22);2*1H. The van der Waals surface area contributed by atoms with E-state index in [1.807, 2.05) is 57.2 Å². The van der Waals surface area contributed by atoms with E-state index in [4.69, 9.17) is 5.73 Å². The Labute approximate surface area is 163 Å². The second kappa shape index (κ2) is 8.99. The van der Waals surface area contributed by atoms with Crippen molar-refractivity contribution < 1.29 is 0 Å². The third kappa shape index (κ3) is 5.29. The van der Waals surface area contributed by atoms with Crippen LogP contribution in [0.3, 0.4) is 0 Å². The highest BCUT2D eigenvalue weighted by atomic mass is 35.5. The lowest BCUT2D eigenvalue weighted by Gasteiger charge is -2.02. The van der Waals surface area contributed by atoms with Crippen LogP contribution >= 0.6 is 36.2 Å². The summed E-state index contributed by atoms with van der Waals surface area (Å²) in [6.45, 7) is 5.98. The van der Waals surface area contributed by atoms with E-state index in [1.165, 1.54) is 0 Å². The van der Waals surface area contributed by atoms with Crippen molar-refractivity contribution in [3.63, 3.8) is 0 Å². The van der Waals surface area contributed by atoms with Crippen LogP contribution in [0.2, 0.25) is 0 Å². The molecule has 3 rings (SSSR count). The summed E-state index contributed by atoms with van der Waals surface area (Å²) in [6.07, 6.45) is 0. The molecule has 1 aromatic carbocycles. The molecule has 0 amide bonds. The average molecular weight is 398 g/mol. The van der Waals surface area contributed by atoms with Gasteiger partial charge in [-0.3, -0.25) is 4.99 Å². The molecule has 5 nitrogen and oxygen atoms in total. The van der Waals surface area contributed by atoms with Crippen LogP contribution < -0.4 is 11.1 Å². The maximum atomic E-state index is 6.04. The number of thiazole rings is 1. The first-order valence-electron chi connectivity index (χ1n) is 7.46. The maximum absolute atomic E-state index is 6.04. The topological polar surface area (TPSA) is 76.2 Å². The molecular weight excluding hydrogens is 377 g/mol. The molecule has 3 aromatic rings. The highest BCUT2D eigenvalue weighted by Gasteiger charge is 2.08. The number of nitrogens with zero attached hydrogens (tertiary/aromatic N) is 3. The van der Waals surface area contributed by atoms with Crippen LogP contribution in [0.15, 0.2) is 41.4 Å². The summed E-state index contributed by atoms with van der Waals surface area (Å²) in [7, 11) is 0. The minimum atomic E-state index is 0. The van der Waals surface area contributed by atoms with E-state index < -0.39 is 0 Å². The van der Waals surface area contributed by atoms with E-state index >= 15 is 0 Å². The number of hydrogen-bond acceptors (Lipinski definition) is 5. The van der Waals surface area contributed by atoms with Crippen molar-refractivity contribution in [1.29, 1.82) is 0 Å². The van der Waals surface area contributed by atoms with E-state index in [1.54, 1.807) is 11.3 Å². The number of rotatable bonds is 4. The van der Waals surface area contributed by atoms with Gasteiger partial charge < -0.3 is 11.1 Å². The summed E-state index contributed by atoms with van der Waals surface area (Å²) >= 11 is 1.58. The molecule has 0 aliphatic carbocycles. The van der Waals surface area contributed by atoms with Gasteiger partial charge in [-0.1, -0.05) is 17.4 Å². The minimum absolute atomic E-state index is 0. The van der Waals surface area contributed by atoms with Gasteiger partial charge in [0.15, 0.2) is 5.13 Å².